The summed E-state index contributed by atoms with van der Waals surface area (Å²) < 4.78 is 113. The van der Waals surface area contributed by atoms with Crippen molar-refractivity contribution < 1.29 is 112 Å². The molecule has 1 fully saturated rings. The first-order chi connectivity index (χ1) is 22.6. The van der Waals surface area contributed by atoms with Crippen LogP contribution in [0.4, 0.5) is 0 Å². The van der Waals surface area contributed by atoms with Gasteiger partial charge in [-0.3, -0.25) is 0 Å². The van der Waals surface area contributed by atoms with Crippen molar-refractivity contribution in [3.05, 3.63) is 0 Å². The second kappa shape index (κ2) is 22.9. The first kappa shape index (κ1) is 47.8. The molecule has 0 radical (unpaired) electrons. The molecule has 6 atom stereocenters. The van der Waals surface area contributed by atoms with E-state index in [1.165, 1.54) is 0 Å². The van der Waals surface area contributed by atoms with Gasteiger partial charge in [0, 0.05) is 0 Å². The predicted molar refractivity (Wildman–Crippen MR) is 166 cm³/mol. The summed E-state index contributed by atoms with van der Waals surface area (Å²) >= 11 is 0. The average molecular weight is 844 g/mol. The molecule has 49 heavy (non-hydrogen) atoms. The quantitative estimate of drug-likeness (QED) is 0.121. The van der Waals surface area contributed by atoms with Crippen LogP contribution < -0.4 is 0 Å². The summed E-state index contributed by atoms with van der Waals surface area (Å²) in [7, 11) is -28.8. The van der Waals surface area contributed by atoms with Gasteiger partial charge < -0.3 is 0 Å². The van der Waals surface area contributed by atoms with Crippen molar-refractivity contribution >= 4 is 47.1 Å². The molecule has 24 nitrogen and oxygen atoms in total. The van der Waals surface area contributed by atoms with Crippen molar-refractivity contribution in [2.75, 3.05) is 79.3 Å². The molecule has 1 heterocycles. The zero-order chi connectivity index (χ0) is 37.2. The van der Waals surface area contributed by atoms with Crippen LogP contribution in [-0.2, 0) is 72.6 Å². The molecule has 8 N–H and O–H groups in total. The molecule has 0 amide bonds. The summed E-state index contributed by atoms with van der Waals surface area (Å²) in [4.78, 5) is 69.4. The Morgan fingerprint density at radius 2 is 1.14 bits per heavy atom. The van der Waals surface area contributed by atoms with Crippen LogP contribution in [0.2, 0.25) is 0 Å². The van der Waals surface area contributed by atoms with Gasteiger partial charge in [0.05, 0.1) is 6.61 Å². The molecule has 1 rings (SSSR count). The molecule has 0 aliphatic carbocycles. The molecule has 0 aromatic rings. The van der Waals surface area contributed by atoms with Gasteiger partial charge in [-0.15, -0.1) is 0 Å². The fourth-order valence-electron chi connectivity index (χ4n) is 3.75. The van der Waals surface area contributed by atoms with Crippen LogP contribution in [-0.4, -0.2) is 124 Å². The van der Waals surface area contributed by atoms with Crippen LogP contribution in [0, 0.1) is 5.92 Å². The normalized spacial score (nSPS) is 35.7. The van der Waals surface area contributed by atoms with Crippen LogP contribution in [0.25, 0.3) is 0 Å². The maximum atomic E-state index is 12.5. The molecule has 0 bridgehead atoms. The molecule has 1 saturated heterocycles. The molecule has 1 aliphatic heterocycles. The van der Waals surface area contributed by atoms with E-state index in [4.69, 9.17) is 22.6 Å². The van der Waals surface area contributed by atoms with Crippen LogP contribution in [0.5, 0.6) is 0 Å². The van der Waals surface area contributed by atoms with Crippen LogP contribution in [0.15, 0.2) is 0 Å². The van der Waals surface area contributed by atoms with Gasteiger partial charge in [-0.05, 0) is 0 Å². The Labute approximate surface area is 282 Å². The van der Waals surface area contributed by atoms with Gasteiger partial charge in [-0.25, -0.2) is 0 Å². The van der Waals surface area contributed by atoms with Crippen molar-refractivity contribution in [3.63, 3.8) is 0 Å². The van der Waals surface area contributed by atoms with Crippen molar-refractivity contribution in [2.24, 2.45) is 5.92 Å². The van der Waals surface area contributed by atoms with Crippen molar-refractivity contribution in [3.8, 4) is 0 Å². The molecule has 296 valence electrons. The van der Waals surface area contributed by atoms with Gasteiger partial charge >= 0.3 is 276 Å². The van der Waals surface area contributed by atoms with Gasteiger partial charge in [-0.2, -0.15) is 0 Å². The molecule has 30 heteroatoms. The van der Waals surface area contributed by atoms with Crippen LogP contribution in [0.3, 0.4) is 0 Å². The second-order valence-corrected chi connectivity index (χ2v) is 19.5. The van der Waals surface area contributed by atoms with E-state index >= 15 is 0 Å². The number of aliphatic hydroxyl groups excluding tert-OH is 1. The van der Waals surface area contributed by atoms with Crippen molar-refractivity contribution in [1.82, 2.24) is 0 Å². The molecule has 0 saturated carbocycles. The zero-order valence-electron chi connectivity index (χ0n) is 26.3. The first-order valence-electron chi connectivity index (χ1n) is 14.4. The van der Waals surface area contributed by atoms with E-state index in [1.807, 2.05) is 0 Å². The Balaban J connectivity index is 3.24. The number of aliphatic hydroxyl groups is 1. The summed E-state index contributed by atoms with van der Waals surface area (Å²) in [6.45, 7) is -6.19. The van der Waals surface area contributed by atoms with Crippen molar-refractivity contribution in [2.45, 2.75) is 38.3 Å². The second-order valence-electron chi connectivity index (χ2n) is 9.78. The zero-order valence-corrected chi connectivity index (χ0v) is 31.8. The SMILES string of the molecule is CCCC1CC(COP(=O)(O)O)COP(=O)(O)OCCOP(=O)(O)OCCOP(=O)(O)OCCOP(=O)(O)OCCO[PH]1(O)OCCCO. The summed E-state index contributed by atoms with van der Waals surface area (Å²) in [5.41, 5.74) is -0.958. The third-order valence-corrected chi connectivity index (χ3v) is 13.1. The summed E-state index contributed by atoms with van der Waals surface area (Å²) in [6.07, 6.45) is 0.361. The van der Waals surface area contributed by atoms with Gasteiger partial charge in [0.15, 0.2) is 0 Å². The van der Waals surface area contributed by atoms with E-state index < -0.39 is 125 Å². The van der Waals surface area contributed by atoms with E-state index in [-0.39, 0.29) is 32.5 Å². The number of hydrogen-bond acceptors (Lipinski definition) is 18. The molecular formula is C19H46O24P6. The molecule has 0 spiro atoms. The summed E-state index contributed by atoms with van der Waals surface area (Å²) in [5.74, 6) is -1.13. The van der Waals surface area contributed by atoms with E-state index in [9.17, 15) is 62.2 Å². The topological polar surface area (TPSA) is 349 Å². The monoisotopic (exact) mass is 844 g/mol. The average Bonchev–Trinajstić information content (AvgIpc) is 2.98. The van der Waals surface area contributed by atoms with Crippen molar-refractivity contribution in [1.29, 1.82) is 0 Å². The summed E-state index contributed by atoms with van der Waals surface area (Å²) in [5, 5.41) is 9.19. The number of phosphoric acid groups is 5. The number of hydrogen-bond donors (Lipinski definition) is 8. The first-order valence-corrected chi connectivity index (χ1v) is 23.8. The van der Waals surface area contributed by atoms with Gasteiger partial charge in [0.25, 0.3) is 0 Å². The van der Waals surface area contributed by atoms with Crippen LogP contribution >= 0.6 is 47.1 Å². The van der Waals surface area contributed by atoms with E-state index in [1.54, 1.807) is 6.92 Å². The molecule has 0 aromatic heterocycles. The van der Waals surface area contributed by atoms with E-state index in [0.29, 0.717) is 6.42 Å². The standard InChI is InChI=1S/C19H46O24P6/c1-2-4-19-15-18(16-42-45(22,23)24)17-43-49(31,32)41-14-13-40-48(29,30)39-12-11-38-47(27,28)37-10-9-36-46(25,26)35-8-7-34-44(19,21)33-6-3-5-20/h18-21,44H,2-17H2,1H3,(H,25,26)(H,27,28)(H,29,30)(H,31,32)(H2,22,23,24). The fourth-order valence-corrected chi connectivity index (χ4v) is 9.64. The Bertz CT molecular complexity index is 1190. The van der Waals surface area contributed by atoms with Gasteiger partial charge in [0.1, 0.15) is 0 Å². The number of rotatable bonds is 9. The molecule has 0 aromatic carbocycles. The fraction of sp³-hybridized carbons (Fsp3) is 1.00. The number of phosphoric ester groups is 5. The Morgan fingerprint density at radius 1 is 0.735 bits per heavy atom. The van der Waals surface area contributed by atoms with Gasteiger partial charge in [-0.1, -0.05) is 0 Å². The Morgan fingerprint density at radius 3 is 1.53 bits per heavy atom. The minimum atomic E-state index is -5.06. The summed E-state index contributed by atoms with van der Waals surface area (Å²) in [6, 6.07) is 0. The molecule has 6 unspecified atom stereocenters. The van der Waals surface area contributed by atoms with E-state index in [2.05, 4.69) is 27.1 Å². The predicted octanol–water partition coefficient (Wildman–Crippen LogP) is 1.72. The Kier molecular flexibility index (Phi) is 22.4. The van der Waals surface area contributed by atoms with Gasteiger partial charge in [0.2, 0.25) is 0 Å². The third kappa shape index (κ3) is 23.3. The maximum absolute atomic E-state index is 12.5. The van der Waals surface area contributed by atoms with Crippen LogP contribution in [0.1, 0.15) is 32.6 Å². The molecular weight excluding hydrogens is 798 g/mol. The minimum absolute atomic E-state index is 0.0576. The Hall–Kier alpha value is 0.820. The molecule has 1 aliphatic rings. The van der Waals surface area contributed by atoms with E-state index in [0.717, 1.165) is 0 Å². The third-order valence-electron chi connectivity index (χ3n) is 5.76.